The summed E-state index contributed by atoms with van der Waals surface area (Å²) in [6.45, 7) is 4.23. The fourth-order valence-electron chi connectivity index (χ4n) is 2.12. The maximum absolute atomic E-state index is 9.37. The molecule has 20 heavy (non-hydrogen) atoms. The number of aromatic hydroxyl groups is 1. The van der Waals surface area contributed by atoms with E-state index >= 15 is 0 Å². The largest absolute Gasteiger partial charge is 0.508 e. The van der Waals surface area contributed by atoms with Crippen molar-refractivity contribution in [1.29, 1.82) is 0 Å². The summed E-state index contributed by atoms with van der Waals surface area (Å²) in [5.41, 5.74) is 2.67. The van der Waals surface area contributed by atoms with Gasteiger partial charge in [-0.05, 0) is 23.3 Å². The van der Waals surface area contributed by atoms with Gasteiger partial charge in [0.1, 0.15) is 5.75 Å². The van der Waals surface area contributed by atoms with E-state index in [9.17, 15) is 5.11 Å². The molecule has 0 saturated carbocycles. The van der Waals surface area contributed by atoms with E-state index in [1.807, 2.05) is 36.4 Å². The first-order valence-electron chi connectivity index (χ1n) is 6.18. The zero-order valence-electron chi connectivity index (χ0n) is 11.2. The summed E-state index contributed by atoms with van der Waals surface area (Å²) in [5.74, 6) is 0.260. The molecular weight excluding hydrogens is 315 g/mol. The van der Waals surface area contributed by atoms with E-state index in [0.29, 0.717) is 5.56 Å². The third-order valence-corrected chi connectivity index (χ3v) is 4.18. The summed E-state index contributed by atoms with van der Waals surface area (Å²) in [7, 11) is 0. The van der Waals surface area contributed by atoms with Gasteiger partial charge < -0.3 is 5.11 Å². The van der Waals surface area contributed by atoms with Crippen LogP contribution in [0.2, 0.25) is 0 Å². The summed E-state index contributed by atoms with van der Waals surface area (Å²) in [6.07, 6.45) is 0. The minimum Gasteiger partial charge on any atom is -0.508 e. The van der Waals surface area contributed by atoms with E-state index in [1.54, 1.807) is 12.1 Å². The average molecular weight is 330 g/mol. The van der Waals surface area contributed by atoms with Gasteiger partial charge in [-0.25, -0.2) is 0 Å². The average Bonchev–Trinajstić information content (AvgIpc) is 2.38. The fraction of sp³-hybridized carbons (Fsp3) is 0.250. The second-order valence-corrected chi connectivity index (χ2v) is 7.53. The molecule has 0 spiro atoms. The van der Waals surface area contributed by atoms with Crippen LogP contribution in [-0.2, 0) is 9.21 Å². The van der Waals surface area contributed by atoms with Crippen LogP contribution in [0, 0.1) is 0 Å². The standard InChI is InChI=1S/C16H15Cl3O/c1-15(2,12-7-9-14(20)10-8-12)11-3-5-13(6-4-11)16(17,18)19/h3-10,20H,1-2H3. The lowest BCUT2D eigenvalue weighted by atomic mass is 9.78. The van der Waals surface area contributed by atoms with Gasteiger partial charge in [0.25, 0.3) is 0 Å². The summed E-state index contributed by atoms with van der Waals surface area (Å²) in [5, 5.41) is 9.37. The van der Waals surface area contributed by atoms with Crippen molar-refractivity contribution < 1.29 is 5.11 Å². The van der Waals surface area contributed by atoms with E-state index < -0.39 is 3.79 Å². The van der Waals surface area contributed by atoms with Crippen molar-refractivity contribution in [3.8, 4) is 5.75 Å². The Kier molecular flexibility index (Phi) is 4.24. The van der Waals surface area contributed by atoms with Crippen LogP contribution < -0.4 is 0 Å². The molecule has 0 bridgehead atoms. The van der Waals surface area contributed by atoms with E-state index in [2.05, 4.69) is 13.8 Å². The Bertz CT molecular complexity index is 581. The molecule has 0 saturated heterocycles. The number of hydrogen-bond donors (Lipinski definition) is 1. The number of hydrogen-bond acceptors (Lipinski definition) is 1. The maximum Gasteiger partial charge on any atom is 0.216 e. The quantitative estimate of drug-likeness (QED) is 0.717. The molecule has 1 nitrogen and oxygen atoms in total. The zero-order chi connectivity index (χ0) is 15.0. The first-order valence-corrected chi connectivity index (χ1v) is 7.32. The van der Waals surface area contributed by atoms with Crippen LogP contribution in [0.4, 0.5) is 0 Å². The Labute approximate surface area is 134 Å². The first-order chi connectivity index (χ1) is 9.21. The molecule has 4 heteroatoms. The summed E-state index contributed by atoms with van der Waals surface area (Å²) >= 11 is 17.6. The molecule has 1 N–H and O–H groups in total. The predicted octanol–water partition coefficient (Wildman–Crippen LogP) is 5.54. The number of benzene rings is 2. The second kappa shape index (κ2) is 5.48. The van der Waals surface area contributed by atoms with Crippen molar-refractivity contribution in [3.05, 3.63) is 65.2 Å². The Morgan fingerprint density at radius 3 is 1.45 bits per heavy atom. The highest BCUT2D eigenvalue weighted by atomic mass is 35.6. The number of phenols is 1. The van der Waals surface area contributed by atoms with E-state index in [0.717, 1.165) is 11.1 Å². The van der Waals surface area contributed by atoms with Gasteiger partial charge in [-0.2, -0.15) is 0 Å². The van der Waals surface area contributed by atoms with Gasteiger partial charge >= 0.3 is 0 Å². The normalized spacial score (nSPS) is 12.4. The molecule has 0 atom stereocenters. The van der Waals surface area contributed by atoms with Gasteiger partial charge in [0.05, 0.1) is 0 Å². The number of rotatable bonds is 2. The number of alkyl halides is 3. The molecule has 2 aromatic rings. The lowest BCUT2D eigenvalue weighted by molar-refractivity contribution is 0.474. The van der Waals surface area contributed by atoms with Gasteiger partial charge in [-0.3, -0.25) is 0 Å². The van der Waals surface area contributed by atoms with E-state index in [4.69, 9.17) is 34.8 Å². The lowest BCUT2D eigenvalue weighted by Crippen LogP contribution is -2.19. The van der Waals surface area contributed by atoms with E-state index in [1.165, 1.54) is 0 Å². The minimum absolute atomic E-state index is 0.195. The summed E-state index contributed by atoms with van der Waals surface area (Å²) in [4.78, 5) is 0. The summed E-state index contributed by atoms with van der Waals surface area (Å²) in [6, 6.07) is 14.8. The van der Waals surface area contributed by atoms with Crippen molar-refractivity contribution in [2.75, 3.05) is 0 Å². The first kappa shape index (κ1) is 15.5. The van der Waals surface area contributed by atoms with Crippen LogP contribution in [0.1, 0.15) is 30.5 Å². The molecule has 0 radical (unpaired) electrons. The SMILES string of the molecule is CC(C)(c1ccc(O)cc1)c1ccc(C(Cl)(Cl)Cl)cc1. The topological polar surface area (TPSA) is 20.2 Å². The van der Waals surface area contributed by atoms with E-state index in [-0.39, 0.29) is 11.2 Å². The highest BCUT2D eigenvalue weighted by Gasteiger charge is 2.26. The van der Waals surface area contributed by atoms with Crippen molar-refractivity contribution in [2.45, 2.75) is 23.1 Å². The Balaban J connectivity index is 2.37. The van der Waals surface area contributed by atoms with Crippen molar-refractivity contribution in [2.24, 2.45) is 0 Å². The molecule has 0 unspecified atom stereocenters. The van der Waals surface area contributed by atoms with Crippen molar-refractivity contribution >= 4 is 34.8 Å². The molecule has 0 amide bonds. The Hall–Kier alpha value is -0.890. The summed E-state index contributed by atoms with van der Waals surface area (Å²) < 4.78 is -1.40. The molecule has 0 aliphatic rings. The second-order valence-electron chi connectivity index (χ2n) is 5.25. The monoisotopic (exact) mass is 328 g/mol. The molecule has 0 aliphatic heterocycles. The van der Waals surface area contributed by atoms with Gasteiger partial charge in [-0.1, -0.05) is 85.0 Å². The van der Waals surface area contributed by atoms with Gasteiger partial charge in [0.15, 0.2) is 0 Å². The van der Waals surface area contributed by atoms with Crippen LogP contribution >= 0.6 is 34.8 Å². The highest BCUT2D eigenvalue weighted by Crippen LogP contribution is 2.39. The minimum atomic E-state index is -1.40. The molecule has 2 rings (SSSR count). The van der Waals surface area contributed by atoms with Crippen LogP contribution in [0.25, 0.3) is 0 Å². The van der Waals surface area contributed by atoms with Gasteiger partial charge in [0.2, 0.25) is 3.79 Å². The van der Waals surface area contributed by atoms with Crippen LogP contribution in [-0.4, -0.2) is 5.11 Å². The van der Waals surface area contributed by atoms with Gasteiger partial charge in [0, 0.05) is 11.0 Å². The van der Waals surface area contributed by atoms with Crippen LogP contribution in [0.15, 0.2) is 48.5 Å². The van der Waals surface area contributed by atoms with Crippen LogP contribution in [0.5, 0.6) is 5.75 Å². The smallest absolute Gasteiger partial charge is 0.216 e. The van der Waals surface area contributed by atoms with Gasteiger partial charge in [-0.15, -0.1) is 0 Å². The molecule has 2 aromatic carbocycles. The molecular formula is C16H15Cl3O. The zero-order valence-corrected chi connectivity index (χ0v) is 13.5. The number of phenolic OH excluding ortho intramolecular Hbond substituents is 1. The molecule has 0 fully saturated rings. The number of halogens is 3. The highest BCUT2D eigenvalue weighted by molar-refractivity contribution is 6.66. The molecule has 0 heterocycles. The van der Waals surface area contributed by atoms with Crippen molar-refractivity contribution in [1.82, 2.24) is 0 Å². The van der Waals surface area contributed by atoms with Crippen molar-refractivity contribution in [3.63, 3.8) is 0 Å². The maximum atomic E-state index is 9.37. The Morgan fingerprint density at radius 1 is 0.700 bits per heavy atom. The van der Waals surface area contributed by atoms with Crippen LogP contribution in [0.3, 0.4) is 0 Å². The third kappa shape index (κ3) is 3.22. The lowest BCUT2D eigenvalue weighted by Gasteiger charge is -2.26. The molecule has 0 aliphatic carbocycles. The fourth-order valence-corrected chi connectivity index (χ4v) is 2.50. The Morgan fingerprint density at radius 2 is 1.05 bits per heavy atom. The molecule has 0 aromatic heterocycles. The predicted molar refractivity (Wildman–Crippen MR) is 85.9 cm³/mol. The third-order valence-electron chi connectivity index (χ3n) is 3.52. The molecule has 106 valence electrons.